The predicted molar refractivity (Wildman–Crippen MR) is 114 cm³/mol. The Morgan fingerprint density at radius 1 is 1.13 bits per heavy atom. The van der Waals surface area contributed by atoms with Gasteiger partial charge in [-0.3, -0.25) is 24.1 Å². The van der Waals surface area contributed by atoms with E-state index in [2.05, 4.69) is 5.32 Å². The number of fused-ring (bicyclic) bond motifs is 2. The fourth-order valence-corrected chi connectivity index (χ4v) is 5.51. The van der Waals surface area contributed by atoms with Crippen molar-refractivity contribution in [2.24, 2.45) is 11.7 Å². The minimum absolute atomic E-state index is 0.0639. The first-order valence-corrected chi connectivity index (χ1v) is 10.8. The molecule has 0 saturated carbocycles. The fraction of sp³-hybridized carbons (Fsp3) is 0.364. The van der Waals surface area contributed by atoms with Crippen LogP contribution in [0.2, 0.25) is 0 Å². The van der Waals surface area contributed by atoms with Gasteiger partial charge in [0.25, 0.3) is 17.7 Å². The average molecular weight is 426 g/mol. The maximum absolute atomic E-state index is 13.3. The normalized spacial score (nSPS) is 16.0. The third-order valence-electron chi connectivity index (χ3n) is 5.54. The lowest BCUT2D eigenvalue weighted by atomic mass is 10.0. The standard InChI is InChI=1S/C22H23N3O4S/c1-11(2)10-15(25-21(28)12-6-3-4-7-13(12)22(25)29)19(27)24-20-17(18(23)26)14-8-5-9-16(14)30-20/h3-4,6-7,11,15H,5,8-10H2,1-2H3,(H2,23,26)(H,24,27). The second kappa shape index (κ2) is 7.68. The molecule has 1 atom stereocenters. The first kappa shape index (κ1) is 20.3. The number of anilines is 1. The molecule has 156 valence electrons. The Morgan fingerprint density at radius 2 is 1.77 bits per heavy atom. The van der Waals surface area contributed by atoms with Crippen LogP contribution >= 0.6 is 11.3 Å². The number of nitrogens with one attached hydrogen (secondary N) is 1. The number of carbonyl (C=O) groups is 4. The zero-order chi connectivity index (χ0) is 21.6. The maximum Gasteiger partial charge on any atom is 0.262 e. The van der Waals surface area contributed by atoms with Crippen molar-refractivity contribution in [3.8, 4) is 0 Å². The molecule has 0 saturated heterocycles. The van der Waals surface area contributed by atoms with Crippen molar-refractivity contribution in [1.29, 1.82) is 0 Å². The number of nitrogens with zero attached hydrogens (tertiary/aromatic N) is 1. The molecule has 1 aromatic heterocycles. The van der Waals surface area contributed by atoms with Crippen molar-refractivity contribution in [2.75, 3.05) is 5.32 Å². The zero-order valence-corrected chi connectivity index (χ0v) is 17.7. The highest BCUT2D eigenvalue weighted by atomic mass is 32.1. The van der Waals surface area contributed by atoms with Gasteiger partial charge in [0.2, 0.25) is 5.91 Å². The van der Waals surface area contributed by atoms with Gasteiger partial charge in [-0.15, -0.1) is 11.3 Å². The van der Waals surface area contributed by atoms with Crippen LogP contribution in [0.4, 0.5) is 5.00 Å². The van der Waals surface area contributed by atoms with Crippen molar-refractivity contribution in [3.63, 3.8) is 0 Å². The molecule has 1 aliphatic carbocycles. The molecule has 30 heavy (non-hydrogen) atoms. The largest absolute Gasteiger partial charge is 0.365 e. The van der Waals surface area contributed by atoms with Crippen LogP contribution in [0.5, 0.6) is 0 Å². The van der Waals surface area contributed by atoms with E-state index in [9.17, 15) is 19.2 Å². The molecule has 4 amide bonds. The quantitative estimate of drug-likeness (QED) is 0.693. The van der Waals surface area contributed by atoms with Gasteiger partial charge in [-0.2, -0.15) is 0 Å². The SMILES string of the molecule is CC(C)CC(C(=O)Nc1sc2c(c1C(N)=O)CCC2)N1C(=O)c2ccccc2C1=O. The van der Waals surface area contributed by atoms with Gasteiger partial charge in [-0.1, -0.05) is 26.0 Å². The lowest BCUT2D eigenvalue weighted by molar-refractivity contribution is -0.120. The monoisotopic (exact) mass is 425 g/mol. The van der Waals surface area contributed by atoms with E-state index in [4.69, 9.17) is 5.73 Å². The summed E-state index contributed by atoms with van der Waals surface area (Å²) in [5.41, 5.74) is 7.45. The van der Waals surface area contributed by atoms with E-state index in [0.717, 1.165) is 34.6 Å². The van der Waals surface area contributed by atoms with Crippen LogP contribution in [0.1, 0.15) is 68.2 Å². The van der Waals surface area contributed by atoms with Gasteiger partial charge in [-0.05, 0) is 49.3 Å². The van der Waals surface area contributed by atoms with Crippen molar-refractivity contribution in [2.45, 2.75) is 45.6 Å². The minimum Gasteiger partial charge on any atom is -0.365 e. The number of hydrogen-bond donors (Lipinski definition) is 2. The van der Waals surface area contributed by atoms with Crippen molar-refractivity contribution >= 4 is 40.0 Å². The topological polar surface area (TPSA) is 110 Å². The van der Waals surface area contributed by atoms with Crippen molar-refractivity contribution < 1.29 is 19.2 Å². The number of rotatable bonds is 6. The Morgan fingerprint density at radius 3 is 2.33 bits per heavy atom. The van der Waals surface area contributed by atoms with E-state index in [-0.39, 0.29) is 5.92 Å². The molecule has 7 nitrogen and oxygen atoms in total. The third kappa shape index (κ3) is 3.31. The molecule has 0 radical (unpaired) electrons. The summed E-state index contributed by atoms with van der Waals surface area (Å²) in [5, 5.41) is 3.21. The summed E-state index contributed by atoms with van der Waals surface area (Å²) < 4.78 is 0. The first-order chi connectivity index (χ1) is 14.3. The molecular weight excluding hydrogens is 402 g/mol. The Kier molecular flexibility index (Phi) is 5.19. The van der Waals surface area contributed by atoms with Gasteiger partial charge >= 0.3 is 0 Å². The lowest BCUT2D eigenvalue weighted by Crippen LogP contribution is -2.48. The number of aryl methyl sites for hydroxylation is 1. The molecular formula is C22H23N3O4S. The van der Waals surface area contributed by atoms with Gasteiger partial charge in [-0.25, -0.2) is 0 Å². The first-order valence-electron chi connectivity index (χ1n) is 10.0. The number of amides is 4. The van der Waals surface area contributed by atoms with Gasteiger partial charge < -0.3 is 11.1 Å². The molecule has 4 rings (SSSR count). The maximum atomic E-state index is 13.3. The summed E-state index contributed by atoms with van der Waals surface area (Å²) in [6.45, 7) is 3.85. The molecule has 1 aromatic carbocycles. The van der Waals surface area contributed by atoms with E-state index in [1.54, 1.807) is 24.3 Å². The number of hydrogen-bond acceptors (Lipinski definition) is 5. The van der Waals surface area contributed by atoms with Crippen LogP contribution in [0.25, 0.3) is 0 Å². The summed E-state index contributed by atoms with van der Waals surface area (Å²) in [4.78, 5) is 53.3. The van der Waals surface area contributed by atoms with E-state index in [1.807, 2.05) is 13.8 Å². The minimum atomic E-state index is -0.977. The highest BCUT2D eigenvalue weighted by Crippen LogP contribution is 2.39. The number of benzene rings is 1. The molecule has 3 N–H and O–H groups in total. The Hall–Kier alpha value is -3.00. The number of imide groups is 1. The summed E-state index contributed by atoms with van der Waals surface area (Å²) in [6.07, 6.45) is 2.88. The highest BCUT2D eigenvalue weighted by Gasteiger charge is 2.43. The van der Waals surface area contributed by atoms with E-state index < -0.39 is 29.7 Å². The molecule has 0 bridgehead atoms. The lowest BCUT2D eigenvalue weighted by Gasteiger charge is -2.26. The number of primary amides is 1. The Bertz CT molecular complexity index is 1040. The summed E-state index contributed by atoms with van der Waals surface area (Å²) >= 11 is 1.35. The van der Waals surface area contributed by atoms with E-state index in [1.165, 1.54) is 11.3 Å². The van der Waals surface area contributed by atoms with Gasteiger partial charge in [0.1, 0.15) is 11.0 Å². The summed E-state index contributed by atoms with van der Waals surface area (Å²) in [6, 6.07) is 5.59. The average Bonchev–Trinajstić information content (AvgIpc) is 3.33. The fourth-order valence-electron chi connectivity index (χ4n) is 4.22. The Balaban J connectivity index is 1.66. The van der Waals surface area contributed by atoms with Gasteiger partial charge in [0.05, 0.1) is 16.7 Å². The molecule has 1 aliphatic heterocycles. The number of nitrogens with two attached hydrogens (primary N) is 1. The summed E-state index contributed by atoms with van der Waals surface area (Å²) in [7, 11) is 0. The molecule has 2 aliphatic rings. The van der Waals surface area contributed by atoms with Gasteiger partial charge in [0.15, 0.2) is 0 Å². The predicted octanol–water partition coefficient (Wildman–Crippen LogP) is 2.99. The zero-order valence-electron chi connectivity index (χ0n) is 16.9. The highest BCUT2D eigenvalue weighted by molar-refractivity contribution is 7.17. The van der Waals surface area contributed by atoms with Crippen LogP contribution in [-0.2, 0) is 17.6 Å². The van der Waals surface area contributed by atoms with Crippen LogP contribution < -0.4 is 11.1 Å². The van der Waals surface area contributed by atoms with Crippen molar-refractivity contribution in [1.82, 2.24) is 4.90 Å². The van der Waals surface area contributed by atoms with Crippen LogP contribution in [0.3, 0.4) is 0 Å². The van der Waals surface area contributed by atoms with E-state index >= 15 is 0 Å². The second-order valence-corrected chi connectivity index (χ2v) is 9.19. The summed E-state index contributed by atoms with van der Waals surface area (Å²) in [5.74, 6) is -1.94. The number of thiophene rings is 1. The molecule has 1 unspecified atom stereocenters. The Labute approximate surface area is 178 Å². The molecule has 2 heterocycles. The van der Waals surface area contributed by atoms with Crippen molar-refractivity contribution in [3.05, 3.63) is 51.4 Å². The van der Waals surface area contributed by atoms with Gasteiger partial charge in [0, 0.05) is 4.88 Å². The van der Waals surface area contributed by atoms with Crippen LogP contribution in [0.15, 0.2) is 24.3 Å². The molecule has 2 aromatic rings. The molecule has 8 heteroatoms. The second-order valence-electron chi connectivity index (χ2n) is 8.09. The molecule has 0 fully saturated rings. The van der Waals surface area contributed by atoms with Crippen LogP contribution in [-0.4, -0.2) is 34.6 Å². The van der Waals surface area contributed by atoms with E-state index in [0.29, 0.717) is 28.1 Å². The number of carbonyl (C=O) groups excluding carboxylic acids is 4. The molecule has 0 spiro atoms. The smallest absolute Gasteiger partial charge is 0.262 e. The van der Waals surface area contributed by atoms with Crippen LogP contribution in [0, 0.1) is 5.92 Å². The third-order valence-corrected chi connectivity index (χ3v) is 6.75.